The van der Waals surface area contributed by atoms with Gasteiger partial charge in [-0.3, -0.25) is 9.78 Å². The Morgan fingerprint density at radius 2 is 1.57 bits per heavy atom. The number of hydrogen-bond acceptors (Lipinski definition) is 6. The van der Waals surface area contributed by atoms with Crippen LogP contribution in [0, 0.1) is 36.7 Å². The zero-order chi connectivity index (χ0) is 40.5. The van der Waals surface area contributed by atoms with Crippen LogP contribution in [-0.4, -0.2) is 20.9 Å². The van der Waals surface area contributed by atoms with Gasteiger partial charge in [-0.25, -0.2) is 0 Å². The molecule has 301 valence electrons. The second-order valence-electron chi connectivity index (χ2n) is 17.3. The molecular weight excluding hydrogens is 873 g/mol. The largest absolute Gasteiger partial charge is 0.512 e. The monoisotopic (exact) mass is 934 g/mol. The van der Waals surface area contributed by atoms with Gasteiger partial charge in [0.05, 0.1) is 6.26 Å². The van der Waals surface area contributed by atoms with Crippen molar-refractivity contribution in [2.45, 2.75) is 128 Å². The molecule has 0 aliphatic rings. The Kier molecular flexibility index (Phi) is 14.0. The molecule has 0 aliphatic carbocycles. The fourth-order valence-corrected chi connectivity index (χ4v) is 7.14. The average Bonchev–Trinajstić information content (AvgIpc) is 3.70. The van der Waals surface area contributed by atoms with Gasteiger partial charge in [-0.05, 0) is 85.4 Å². The summed E-state index contributed by atoms with van der Waals surface area (Å²) >= 11 is 0. The molecule has 7 heteroatoms. The molecule has 1 N–H and O–H groups in total. The van der Waals surface area contributed by atoms with Gasteiger partial charge in [-0.1, -0.05) is 117 Å². The molecule has 6 nitrogen and oxygen atoms in total. The molecule has 4 heterocycles. The minimum Gasteiger partial charge on any atom is -0.512 e. The predicted octanol–water partition coefficient (Wildman–Crippen LogP) is 14.0. The van der Waals surface area contributed by atoms with E-state index in [0.29, 0.717) is 11.6 Å². The minimum atomic E-state index is -0.337. The van der Waals surface area contributed by atoms with Crippen molar-refractivity contribution in [1.29, 1.82) is 0 Å². The van der Waals surface area contributed by atoms with E-state index in [4.69, 9.17) is 13.8 Å². The van der Waals surface area contributed by atoms with Crippen LogP contribution in [0.1, 0.15) is 124 Å². The molecule has 0 bridgehead atoms. The molecule has 0 aliphatic heterocycles. The quantitative estimate of drug-likeness (QED) is 0.0791. The molecule has 1 radical (unpaired) electrons. The number of nitrogens with zero attached hydrogens (tertiary/aromatic N) is 2. The van der Waals surface area contributed by atoms with Crippen LogP contribution in [0.25, 0.3) is 55.2 Å². The molecular formula is C49H61IrN2O4-. The van der Waals surface area contributed by atoms with Crippen LogP contribution in [0.4, 0.5) is 0 Å². The van der Waals surface area contributed by atoms with Crippen molar-refractivity contribution in [2.75, 3.05) is 0 Å². The maximum atomic E-state index is 12.2. The minimum absolute atomic E-state index is 0. The van der Waals surface area contributed by atoms with Crippen molar-refractivity contribution in [3.63, 3.8) is 0 Å². The van der Waals surface area contributed by atoms with Gasteiger partial charge < -0.3 is 18.9 Å². The zero-order valence-electron chi connectivity index (χ0n) is 35.8. The van der Waals surface area contributed by atoms with Crippen LogP contribution in [0.15, 0.2) is 75.7 Å². The molecule has 0 amide bonds. The van der Waals surface area contributed by atoms with Crippen LogP contribution in [0.2, 0.25) is 0 Å². The van der Waals surface area contributed by atoms with Gasteiger partial charge in [-0.2, -0.15) is 0 Å². The van der Waals surface area contributed by atoms with Crippen molar-refractivity contribution in [2.24, 2.45) is 16.7 Å². The number of fused-ring (bicyclic) bond motifs is 3. The summed E-state index contributed by atoms with van der Waals surface area (Å²) in [6.45, 7) is 27.5. The summed E-state index contributed by atoms with van der Waals surface area (Å²) in [7, 11) is 0. The van der Waals surface area contributed by atoms with Crippen molar-refractivity contribution < 1.29 is 38.8 Å². The van der Waals surface area contributed by atoms with Crippen LogP contribution in [-0.2, 0) is 36.7 Å². The number of carbonyl (C=O) groups excluding carboxylic acids is 1. The van der Waals surface area contributed by atoms with Crippen molar-refractivity contribution >= 4 is 38.6 Å². The fraction of sp³-hybridized carbons (Fsp3) is 0.449. The third kappa shape index (κ3) is 9.05. The number of ketones is 1. The molecule has 0 atom stereocenters. The molecule has 0 saturated carbocycles. The summed E-state index contributed by atoms with van der Waals surface area (Å²) in [6, 6.07) is 16.6. The number of allylic oxidation sites excluding steroid dienone is 2. The molecule has 0 spiro atoms. The van der Waals surface area contributed by atoms with E-state index in [1.54, 1.807) is 6.26 Å². The molecule has 0 fully saturated rings. The first kappa shape index (κ1) is 44.7. The van der Waals surface area contributed by atoms with E-state index in [0.717, 1.165) is 82.2 Å². The van der Waals surface area contributed by atoms with Crippen LogP contribution >= 0.6 is 0 Å². The normalized spacial score (nSPS) is 12.6. The number of aliphatic hydroxyl groups excluding tert-OH is 1. The Labute approximate surface area is 347 Å². The summed E-state index contributed by atoms with van der Waals surface area (Å²) in [6.07, 6.45) is 11.2. The van der Waals surface area contributed by atoms with Gasteiger partial charge in [-0.15, -0.1) is 17.7 Å². The van der Waals surface area contributed by atoms with E-state index < -0.39 is 0 Å². The van der Waals surface area contributed by atoms with Gasteiger partial charge in [0.2, 0.25) is 5.71 Å². The third-order valence-corrected chi connectivity index (χ3v) is 12.0. The van der Waals surface area contributed by atoms with E-state index in [2.05, 4.69) is 95.9 Å². The first-order valence-electron chi connectivity index (χ1n) is 20.1. The van der Waals surface area contributed by atoms with Gasteiger partial charge in [0.1, 0.15) is 17.1 Å². The van der Waals surface area contributed by atoms with E-state index >= 15 is 0 Å². The second-order valence-corrected chi connectivity index (χ2v) is 17.3. The maximum absolute atomic E-state index is 12.2. The summed E-state index contributed by atoms with van der Waals surface area (Å²) < 4.78 is 12.3. The first-order valence-corrected chi connectivity index (χ1v) is 20.1. The second kappa shape index (κ2) is 17.6. The molecule has 0 unspecified atom stereocenters. The fourth-order valence-electron chi connectivity index (χ4n) is 7.14. The van der Waals surface area contributed by atoms with Gasteiger partial charge in [0.15, 0.2) is 5.78 Å². The van der Waals surface area contributed by atoms with E-state index in [-0.39, 0.29) is 47.9 Å². The number of pyridine rings is 2. The van der Waals surface area contributed by atoms with Crippen molar-refractivity contribution in [3.05, 3.63) is 95.4 Å². The van der Waals surface area contributed by atoms with Crippen LogP contribution < -0.4 is 0 Å². The van der Waals surface area contributed by atoms with E-state index in [9.17, 15) is 9.90 Å². The van der Waals surface area contributed by atoms with Crippen LogP contribution in [0.3, 0.4) is 0 Å². The standard InChI is InChI=1S/C34H33N2O2.C15H28O2.Ir/c1-19(2)12-30-21(4)25-9-8-22(15-31(25)38-30)27-16-29(36-33-32(27)20(3)18-37-33)23-13-24-17-35-11-10-26(24)28(14-23)34(5,6)7;1-7-14(5,8-2)12(16)11-13(17)15(6,9-3)10-4;/h8-11,14-19H,12H2,1-7H3;11,16H,7-10H2,1-6H3;/q-1;;/b;12-11-;. The average molecular weight is 934 g/mol. The molecule has 6 aromatic rings. The summed E-state index contributed by atoms with van der Waals surface area (Å²) in [5.41, 5.74) is 8.35. The Bertz CT molecular complexity index is 2350. The number of hydrogen-bond donors (Lipinski definition) is 1. The van der Waals surface area contributed by atoms with Gasteiger partial charge in [0, 0.05) is 66.1 Å². The molecule has 2 aromatic carbocycles. The SMILES string of the molecule is CCC(C)(CC)C(=O)/C=C(\O)C(C)(CC)CC.Cc1c(CC(C)C)oc2cc(-c3cc(-c4[c-]c5cnccc5c(C(C)(C)C)c4)nc4occ(C)c34)ccc12.[Ir]. The third-order valence-electron chi connectivity index (χ3n) is 12.0. The number of furan rings is 2. The Hall–Kier alpha value is -4.06. The van der Waals surface area contributed by atoms with E-state index in [1.165, 1.54) is 28.0 Å². The van der Waals surface area contributed by atoms with Crippen molar-refractivity contribution in [3.8, 4) is 22.4 Å². The topological polar surface area (TPSA) is 89.4 Å². The molecule has 0 saturated heterocycles. The molecule has 4 aromatic heterocycles. The Morgan fingerprint density at radius 3 is 2.18 bits per heavy atom. The number of aryl methyl sites for hydroxylation is 2. The van der Waals surface area contributed by atoms with Crippen LogP contribution in [0.5, 0.6) is 0 Å². The van der Waals surface area contributed by atoms with Crippen molar-refractivity contribution in [1.82, 2.24) is 9.97 Å². The molecule has 6 rings (SSSR count). The Morgan fingerprint density at radius 1 is 0.911 bits per heavy atom. The maximum Gasteiger partial charge on any atom is 0.219 e. The van der Waals surface area contributed by atoms with Gasteiger partial charge in [0.25, 0.3) is 0 Å². The Balaban J connectivity index is 0.000000330. The zero-order valence-corrected chi connectivity index (χ0v) is 38.2. The molecule has 56 heavy (non-hydrogen) atoms. The summed E-state index contributed by atoms with van der Waals surface area (Å²) in [5, 5.41) is 14.5. The number of aromatic nitrogens is 2. The summed E-state index contributed by atoms with van der Waals surface area (Å²) in [5.74, 6) is 1.89. The smallest absolute Gasteiger partial charge is 0.219 e. The van der Waals surface area contributed by atoms with Gasteiger partial charge >= 0.3 is 0 Å². The first-order chi connectivity index (χ1) is 25.9. The number of carbonyl (C=O) groups is 1. The summed E-state index contributed by atoms with van der Waals surface area (Å²) in [4.78, 5) is 21.5. The number of rotatable bonds is 11. The number of aliphatic hydroxyl groups is 1. The number of benzene rings is 2. The predicted molar refractivity (Wildman–Crippen MR) is 229 cm³/mol. The van der Waals surface area contributed by atoms with E-state index in [1.807, 2.05) is 53.9 Å².